The van der Waals surface area contributed by atoms with Crippen molar-refractivity contribution < 1.29 is 19.8 Å². The Bertz CT molecular complexity index is 877. The molecule has 0 saturated carbocycles. The third-order valence-corrected chi connectivity index (χ3v) is 4.64. The predicted octanol–water partition coefficient (Wildman–Crippen LogP) is -3.80. The van der Waals surface area contributed by atoms with Crippen LogP contribution in [0.3, 0.4) is 0 Å². The topological polar surface area (TPSA) is 116 Å². The maximum Gasteiger partial charge on any atom is 0.332 e. The molecule has 1 atom stereocenters. The lowest BCUT2D eigenvalue weighted by molar-refractivity contribution is -0.922. The summed E-state index contributed by atoms with van der Waals surface area (Å²) in [6.07, 6.45) is -1.02. The summed E-state index contributed by atoms with van der Waals surface area (Å²) < 4.78 is 9.34. The quantitative estimate of drug-likeness (QED) is 0.507. The van der Waals surface area contributed by atoms with Gasteiger partial charge in [-0.25, -0.2) is 9.78 Å². The van der Waals surface area contributed by atoms with Gasteiger partial charge < -0.3 is 24.4 Å². The zero-order chi connectivity index (χ0) is 18.1. The zero-order valence-electron chi connectivity index (χ0n) is 14.4. The summed E-state index contributed by atoms with van der Waals surface area (Å²) in [6.45, 7) is 3.14. The zero-order valence-corrected chi connectivity index (χ0v) is 14.4. The molecule has 0 spiro atoms. The van der Waals surface area contributed by atoms with Gasteiger partial charge in [0.05, 0.1) is 32.5 Å². The highest BCUT2D eigenvalue weighted by Crippen LogP contribution is 2.11. The van der Waals surface area contributed by atoms with Gasteiger partial charge in [0.25, 0.3) is 5.56 Å². The third kappa shape index (κ3) is 3.25. The van der Waals surface area contributed by atoms with Gasteiger partial charge in [0.1, 0.15) is 19.6 Å². The summed E-state index contributed by atoms with van der Waals surface area (Å²) in [5.41, 5.74) is -0.352. The lowest BCUT2D eigenvalue weighted by Gasteiger charge is -2.23. The van der Waals surface area contributed by atoms with E-state index < -0.39 is 24.0 Å². The fourth-order valence-corrected chi connectivity index (χ4v) is 3.15. The van der Waals surface area contributed by atoms with Crippen LogP contribution in [0.1, 0.15) is 5.82 Å². The normalized spacial score (nSPS) is 17.3. The molecule has 1 aliphatic heterocycles. The second kappa shape index (κ2) is 7.08. The predicted molar refractivity (Wildman–Crippen MR) is 88.5 cm³/mol. The number of fused-ring (bicyclic) bond motifs is 1. The summed E-state index contributed by atoms with van der Waals surface area (Å²) in [5, 5.41) is 19.1. The molecule has 3 N–H and O–H groups in total. The van der Waals surface area contributed by atoms with Crippen LogP contribution in [-0.2, 0) is 31.9 Å². The van der Waals surface area contributed by atoms with Crippen molar-refractivity contribution in [3.05, 3.63) is 26.7 Å². The van der Waals surface area contributed by atoms with Crippen LogP contribution in [0.15, 0.2) is 9.59 Å². The van der Waals surface area contributed by atoms with E-state index >= 15 is 0 Å². The molecule has 1 saturated heterocycles. The SMILES string of the molecule is Cn1c(=O)c2c(nc(C[NH+]3CCOCC3)n2C[C@@H](O)CO)n(C)c1=O. The largest absolute Gasteiger partial charge is 0.394 e. The average Bonchev–Trinajstić information content (AvgIpc) is 2.97. The van der Waals surface area contributed by atoms with Gasteiger partial charge in [-0.3, -0.25) is 13.9 Å². The van der Waals surface area contributed by atoms with Crippen molar-refractivity contribution >= 4 is 11.2 Å². The molecular formula is C15H24N5O5+. The van der Waals surface area contributed by atoms with E-state index in [1.54, 1.807) is 11.6 Å². The number of rotatable bonds is 5. The number of morpholine rings is 1. The molecule has 2 aromatic heterocycles. The molecule has 0 bridgehead atoms. The van der Waals surface area contributed by atoms with E-state index in [9.17, 15) is 19.8 Å². The van der Waals surface area contributed by atoms with Crippen molar-refractivity contribution in [1.29, 1.82) is 0 Å². The lowest BCUT2D eigenvalue weighted by Crippen LogP contribution is -3.12. The number of hydrogen-bond donors (Lipinski definition) is 3. The minimum Gasteiger partial charge on any atom is -0.394 e. The van der Waals surface area contributed by atoms with Crippen LogP contribution >= 0.6 is 0 Å². The summed E-state index contributed by atoms with van der Waals surface area (Å²) >= 11 is 0. The highest BCUT2D eigenvalue weighted by Gasteiger charge is 2.24. The fraction of sp³-hybridized carbons (Fsp3) is 0.667. The first-order valence-corrected chi connectivity index (χ1v) is 8.29. The third-order valence-electron chi connectivity index (χ3n) is 4.64. The van der Waals surface area contributed by atoms with Gasteiger partial charge >= 0.3 is 5.69 Å². The summed E-state index contributed by atoms with van der Waals surface area (Å²) in [4.78, 5) is 30.5. The first-order valence-electron chi connectivity index (χ1n) is 8.29. The smallest absolute Gasteiger partial charge is 0.332 e. The number of aliphatic hydroxyl groups excluding tert-OH is 2. The molecule has 3 rings (SSSR count). The summed E-state index contributed by atoms with van der Waals surface area (Å²) in [6, 6.07) is 0. The molecule has 0 amide bonds. The molecule has 0 radical (unpaired) electrons. The molecule has 0 unspecified atom stereocenters. The van der Waals surface area contributed by atoms with Crippen molar-refractivity contribution in [2.24, 2.45) is 14.1 Å². The molecule has 3 heterocycles. The van der Waals surface area contributed by atoms with Crippen molar-refractivity contribution in [2.45, 2.75) is 19.2 Å². The Morgan fingerprint density at radius 3 is 2.56 bits per heavy atom. The standard InChI is InChI=1S/C15H23N5O5/c1-17-13-12(14(23)18(2)15(17)24)20(7-10(22)9-21)11(16-13)8-19-3-5-25-6-4-19/h10,21-22H,3-9H2,1-2H3/p+1/t10-/m1/s1. The van der Waals surface area contributed by atoms with Gasteiger partial charge in [-0.2, -0.15) is 0 Å². The Balaban J connectivity index is 2.15. The van der Waals surface area contributed by atoms with E-state index in [0.29, 0.717) is 31.2 Å². The van der Waals surface area contributed by atoms with Crippen molar-refractivity contribution in [1.82, 2.24) is 18.7 Å². The van der Waals surface area contributed by atoms with Crippen LogP contribution in [0.2, 0.25) is 0 Å². The molecular weight excluding hydrogens is 330 g/mol. The molecule has 1 fully saturated rings. The van der Waals surface area contributed by atoms with E-state index in [0.717, 1.165) is 17.7 Å². The van der Waals surface area contributed by atoms with E-state index in [1.165, 1.54) is 16.5 Å². The van der Waals surface area contributed by atoms with Gasteiger partial charge in [-0.1, -0.05) is 0 Å². The minimum absolute atomic E-state index is 0.0412. The number of aryl methyl sites for hydroxylation is 1. The highest BCUT2D eigenvalue weighted by atomic mass is 16.5. The molecule has 25 heavy (non-hydrogen) atoms. The van der Waals surface area contributed by atoms with E-state index in [4.69, 9.17) is 4.74 Å². The number of nitrogens with zero attached hydrogens (tertiary/aromatic N) is 4. The molecule has 1 aliphatic rings. The Kier molecular flexibility index (Phi) is 5.04. The van der Waals surface area contributed by atoms with E-state index in [-0.39, 0.29) is 12.1 Å². The monoisotopic (exact) mass is 354 g/mol. The van der Waals surface area contributed by atoms with Gasteiger partial charge in [-0.05, 0) is 0 Å². The number of quaternary nitrogens is 1. The number of ether oxygens (including phenoxy) is 1. The first-order chi connectivity index (χ1) is 11.9. The number of aromatic nitrogens is 4. The molecule has 138 valence electrons. The van der Waals surface area contributed by atoms with Crippen molar-refractivity contribution in [3.63, 3.8) is 0 Å². The number of nitrogens with one attached hydrogen (secondary N) is 1. The lowest BCUT2D eigenvalue weighted by atomic mass is 10.3. The fourth-order valence-electron chi connectivity index (χ4n) is 3.15. The Hall–Kier alpha value is -2.01. The highest BCUT2D eigenvalue weighted by molar-refractivity contribution is 5.71. The van der Waals surface area contributed by atoms with Crippen LogP contribution in [0, 0.1) is 0 Å². The van der Waals surface area contributed by atoms with Crippen LogP contribution < -0.4 is 16.1 Å². The van der Waals surface area contributed by atoms with E-state index in [2.05, 4.69) is 4.98 Å². The molecule has 0 aliphatic carbocycles. The minimum atomic E-state index is -1.02. The molecule has 10 heteroatoms. The Morgan fingerprint density at radius 2 is 1.92 bits per heavy atom. The van der Waals surface area contributed by atoms with Gasteiger partial charge in [0.2, 0.25) is 0 Å². The van der Waals surface area contributed by atoms with Crippen LogP contribution in [0.25, 0.3) is 11.2 Å². The van der Waals surface area contributed by atoms with Crippen molar-refractivity contribution in [3.8, 4) is 0 Å². The van der Waals surface area contributed by atoms with Gasteiger partial charge in [-0.15, -0.1) is 0 Å². The number of hydrogen-bond acceptors (Lipinski definition) is 6. The Labute approximate surface area is 143 Å². The first kappa shape index (κ1) is 17.8. The number of imidazole rings is 1. The summed E-state index contributed by atoms with van der Waals surface area (Å²) in [7, 11) is 2.98. The summed E-state index contributed by atoms with van der Waals surface area (Å²) in [5.74, 6) is 0.609. The van der Waals surface area contributed by atoms with Crippen LogP contribution in [-0.4, -0.2) is 67.9 Å². The van der Waals surface area contributed by atoms with Gasteiger partial charge in [0, 0.05) is 14.1 Å². The molecule has 2 aromatic rings. The molecule has 0 aromatic carbocycles. The maximum absolute atomic E-state index is 12.6. The van der Waals surface area contributed by atoms with Crippen LogP contribution in [0.5, 0.6) is 0 Å². The second-order valence-electron chi connectivity index (χ2n) is 6.39. The number of aliphatic hydroxyl groups is 2. The Morgan fingerprint density at radius 1 is 1.24 bits per heavy atom. The maximum atomic E-state index is 12.6. The van der Waals surface area contributed by atoms with E-state index in [1.807, 2.05) is 0 Å². The average molecular weight is 354 g/mol. The van der Waals surface area contributed by atoms with Crippen LogP contribution in [0.4, 0.5) is 0 Å². The van der Waals surface area contributed by atoms with Gasteiger partial charge in [0.15, 0.2) is 17.0 Å². The second-order valence-corrected chi connectivity index (χ2v) is 6.39. The van der Waals surface area contributed by atoms with Crippen molar-refractivity contribution in [2.75, 3.05) is 32.9 Å². The molecule has 10 nitrogen and oxygen atoms in total.